The van der Waals surface area contributed by atoms with Gasteiger partial charge in [0.15, 0.2) is 0 Å². The van der Waals surface area contributed by atoms with Crippen LogP contribution < -0.4 is 9.47 Å². The SMILES string of the molecule is [CH2]CCCc1cc(OC(F)F)cc(OC(F)F)c1. The van der Waals surface area contributed by atoms with E-state index in [1.165, 1.54) is 12.1 Å². The molecule has 18 heavy (non-hydrogen) atoms. The molecule has 0 unspecified atom stereocenters. The van der Waals surface area contributed by atoms with E-state index in [1.54, 1.807) is 0 Å². The smallest absolute Gasteiger partial charge is 0.387 e. The number of halogens is 4. The van der Waals surface area contributed by atoms with E-state index in [0.717, 1.165) is 6.07 Å². The summed E-state index contributed by atoms with van der Waals surface area (Å²) < 4.78 is 56.7. The molecule has 101 valence electrons. The fourth-order valence-electron chi connectivity index (χ4n) is 1.45. The summed E-state index contributed by atoms with van der Waals surface area (Å²) in [7, 11) is 0. The normalized spacial score (nSPS) is 11.1. The van der Waals surface area contributed by atoms with Crippen LogP contribution in [0.15, 0.2) is 18.2 Å². The first-order valence-electron chi connectivity index (χ1n) is 5.34. The number of hydrogen-bond acceptors (Lipinski definition) is 2. The molecule has 0 saturated carbocycles. The summed E-state index contributed by atoms with van der Waals surface area (Å²) in [6.07, 6.45) is 1.90. The fourth-order valence-corrected chi connectivity index (χ4v) is 1.45. The molecule has 0 fully saturated rings. The Kier molecular flexibility index (Phi) is 5.74. The Morgan fingerprint density at radius 2 is 1.44 bits per heavy atom. The Balaban J connectivity index is 2.88. The molecular formula is C12H13F4O2. The van der Waals surface area contributed by atoms with Crippen LogP contribution in [-0.4, -0.2) is 13.2 Å². The third-order valence-electron chi connectivity index (χ3n) is 2.11. The summed E-state index contributed by atoms with van der Waals surface area (Å²) >= 11 is 0. The van der Waals surface area contributed by atoms with Crippen molar-refractivity contribution in [3.05, 3.63) is 30.7 Å². The molecular weight excluding hydrogens is 252 g/mol. The maximum Gasteiger partial charge on any atom is 0.387 e. The van der Waals surface area contributed by atoms with Crippen LogP contribution in [0.5, 0.6) is 11.5 Å². The maximum atomic E-state index is 12.1. The average Bonchev–Trinajstić information content (AvgIpc) is 2.24. The number of hydrogen-bond donors (Lipinski definition) is 0. The standard InChI is InChI=1S/C12H13F4O2/c1-2-3-4-8-5-9(17-11(13)14)7-10(6-8)18-12(15)16/h5-7,11-12H,1-4H2. The Labute approximate surface area is 103 Å². The van der Waals surface area contributed by atoms with Crippen molar-refractivity contribution in [1.29, 1.82) is 0 Å². The highest BCUT2D eigenvalue weighted by atomic mass is 19.3. The van der Waals surface area contributed by atoms with Gasteiger partial charge in [0.05, 0.1) is 0 Å². The van der Waals surface area contributed by atoms with Gasteiger partial charge in [-0.2, -0.15) is 17.6 Å². The number of benzene rings is 1. The predicted octanol–water partition coefficient (Wildman–Crippen LogP) is 4.05. The minimum Gasteiger partial charge on any atom is -0.435 e. The Morgan fingerprint density at radius 3 is 1.83 bits per heavy atom. The van der Waals surface area contributed by atoms with Crippen molar-refractivity contribution < 1.29 is 27.0 Å². The van der Waals surface area contributed by atoms with Gasteiger partial charge in [-0.1, -0.05) is 13.3 Å². The highest BCUT2D eigenvalue weighted by Gasteiger charge is 2.11. The number of alkyl halides is 4. The Bertz CT molecular complexity index is 341. The molecule has 0 atom stereocenters. The largest absolute Gasteiger partial charge is 0.435 e. The molecule has 0 aliphatic heterocycles. The van der Waals surface area contributed by atoms with Crippen molar-refractivity contribution in [2.75, 3.05) is 0 Å². The van der Waals surface area contributed by atoms with Gasteiger partial charge in [-0.25, -0.2) is 0 Å². The van der Waals surface area contributed by atoms with Crippen molar-refractivity contribution in [2.24, 2.45) is 0 Å². The lowest BCUT2D eigenvalue weighted by Gasteiger charge is -2.11. The van der Waals surface area contributed by atoms with E-state index < -0.39 is 13.2 Å². The van der Waals surface area contributed by atoms with Crippen LogP contribution in [0.1, 0.15) is 18.4 Å². The van der Waals surface area contributed by atoms with Crippen molar-refractivity contribution in [1.82, 2.24) is 0 Å². The van der Waals surface area contributed by atoms with E-state index in [4.69, 9.17) is 0 Å². The van der Waals surface area contributed by atoms with Gasteiger partial charge < -0.3 is 9.47 Å². The second kappa shape index (κ2) is 7.08. The maximum absolute atomic E-state index is 12.1. The van der Waals surface area contributed by atoms with E-state index in [1.807, 2.05) is 0 Å². The lowest BCUT2D eigenvalue weighted by atomic mass is 10.1. The molecule has 0 N–H and O–H groups in total. The van der Waals surface area contributed by atoms with Gasteiger partial charge in [0.1, 0.15) is 11.5 Å². The van der Waals surface area contributed by atoms with Crippen molar-refractivity contribution in [3.8, 4) is 11.5 Å². The summed E-state index contributed by atoms with van der Waals surface area (Å²) in [5.74, 6) is -0.385. The fraction of sp³-hybridized carbons (Fsp3) is 0.417. The quantitative estimate of drug-likeness (QED) is 0.692. The van der Waals surface area contributed by atoms with E-state index >= 15 is 0 Å². The molecule has 0 heterocycles. The molecule has 1 aromatic carbocycles. The number of aryl methyl sites for hydroxylation is 1. The zero-order valence-electron chi connectivity index (χ0n) is 9.54. The number of unbranched alkanes of at least 4 members (excludes halogenated alkanes) is 1. The lowest BCUT2D eigenvalue weighted by molar-refractivity contribution is -0.0543. The van der Waals surface area contributed by atoms with E-state index in [0.29, 0.717) is 24.8 Å². The first-order valence-corrected chi connectivity index (χ1v) is 5.34. The molecule has 6 heteroatoms. The van der Waals surface area contributed by atoms with Crippen molar-refractivity contribution in [2.45, 2.75) is 32.5 Å². The minimum atomic E-state index is -3.01. The second-order valence-corrected chi connectivity index (χ2v) is 3.53. The monoisotopic (exact) mass is 265 g/mol. The van der Waals surface area contributed by atoms with Gasteiger partial charge in [-0.3, -0.25) is 0 Å². The number of ether oxygens (including phenoxy) is 2. The molecule has 0 spiro atoms. The summed E-state index contributed by atoms with van der Waals surface area (Å²) in [6, 6.07) is 3.76. The zero-order valence-corrected chi connectivity index (χ0v) is 9.54. The highest BCUT2D eigenvalue weighted by molar-refractivity contribution is 5.38. The van der Waals surface area contributed by atoms with Crippen molar-refractivity contribution in [3.63, 3.8) is 0 Å². The Morgan fingerprint density at radius 1 is 0.944 bits per heavy atom. The van der Waals surface area contributed by atoms with E-state index in [9.17, 15) is 17.6 Å². The minimum absolute atomic E-state index is 0.192. The molecule has 1 rings (SSSR count). The van der Waals surface area contributed by atoms with Gasteiger partial charge in [0, 0.05) is 6.07 Å². The molecule has 0 bridgehead atoms. The third-order valence-corrected chi connectivity index (χ3v) is 2.11. The lowest BCUT2D eigenvalue weighted by Crippen LogP contribution is -2.05. The molecule has 2 nitrogen and oxygen atoms in total. The molecule has 0 saturated heterocycles. The Hall–Kier alpha value is -1.46. The first kappa shape index (κ1) is 14.6. The van der Waals surface area contributed by atoms with Crippen LogP contribution >= 0.6 is 0 Å². The van der Waals surface area contributed by atoms with Gasteiger partial charge in [0.25, 0.3) is 0 Å². The van der Waals surface area contributed by atoms with Crippen LogP contribution in [0.2, 0.25) is 0 Å². The van der Waals surface area contributed by atoms with E-state index in [2.05, 4.69) is 16.4 Å². The second-order valence-electron chi connectivity index (χ2n) is 3.53. The van der Waals surface area contributed by atoms with Gasteiger partial charge in [-0.05, 0) is 30.5 Å². The molecule has 0 aromatic heterocycles. The van der Waals surface area contributed by atoms with Crippen LogP contribution in [0.3, 0.4) is 0 Å². The molecule has 1 aromatic rings. The summed E-state index contributed by atoms with van der Waals surface area (Å²) in [5, 5.41) is 0. The summed E-state index contributed by atoms with van der Waals surface area (Å²) in [6.45, 7) is -2.37. The van der Waals surface area contributed by atoms with Crippen molar-refractivity contribution >= 4 is 0 Å². The summed E-state index contributed by atoms with van der Waals surface area (Å²) in [5.41, 5.74) is 0.590. The van der Waals surface area contributed by atoms with E-state index in [-0.39, 0.29) is 11.5 Å². The van der Waals surface area contributed by atoms with Gasteiger partial charge in [0.2, 0.25) is 0 Å². The third kappa shape index (κ3) is 5.25. The van der Waals surface area contributed by atoms with Crippen LogP contribution in [0.4, 0.5) is 17.6 Å². The zero-order chi connectivity index (χ0) is 13.5. The highest BCUT2D eigenvalue weighted by Crippen LogP contribution is 2.26. The van der Waals surface area contributed by atoms with Crippen LogP contribution in [0.25, 0.3) is 0 Å². The predicted molar refractivity (Wildman–Crippen MR) is 58.0 cm³/mol. The summed E-state index contributed by atoms with van der Waals surface area (Å²) in [4.78, 5) is 0. The van der Waals surface area contributed by atoms with Gasteiger partial charge >= 0.3 is 13.2 Å². The first-order chi connectivity index (χ1) is 8.51. The molecule has 1 radical (unpaired) electrons. The van der Waals surface area contributed by atoms with Crippen LogP contribution in [-0.2, 0) is 6.42 Å². The number of rotatable bonds is 7. The molecule has 0 aliphatic rings. The topological polar surface area (TPSA) is 18.5 Å². The molecule has 0 amide bonds. The average molecular weight is 265 g/mol. The molecule has 0 aliphatic carbocycles. The van der Waals surface area contributed by atoms with Crippen LogP contribution in [0, 0.1) is 6.92 Å². The van der Waals surface area contributed by atoms with Gasteiger partial charge in [-0.15, -0.1) is 0 Å².